The van der Waals surface area contributed by atoms with Crippen LogP contribution < -0.4 is 21.9 Å². The summed E-state index contributed by atoms with van der Waals surface area (Å²) < 4.78 is 0. The molecular weight excluding hydrogens is 210 g/mol. The molecule has 1 aromatic rings. The molecule has 0 aliphatic heterocycles. The van der Waals surface area contributed by atoms with Crippen molar-refractivity contribution in [3.63, 3.8) is 0 Å². The lowest BCUT2D eigenvalue weighted by atomic mass is 10.2. The summed E-state index contributed by atoms with van der Waals surface area (Å²) in [5.41, 5.74) is 3.11. The molecule has 86 valence electrons. The number of rotatable bonds is 4. The molecule has 0 aromatic carbocycles. The van der Waals surface area contributed by atoms with Crippen LogP contribution in [0.5, 0.6) is 0 Å². The van der Waals surface area contributed by atoms with Crippen LogP contribution in [0.3, 0.4) is 0 Å². The maximum Gasteiger partial charge on any atom is 0.255 e. The van der Waals surface area contributed by atoms with Gasteiger partial charge in [0.2, 0.25) is 5.91 Å². The van der Waals surface area contributed by atoms with Crippen LogP contribution in [-0.2, 0) is 4.79 Å². The van der Waals surface area contributed by atoms with E-state index >= 15 is 0 Å². The number of hydrogen-bond acceptors (Lipinski definition) is 5. The van der Waals surface area contributed by atoms with E-state index < -0.39 is 5.91 Å². The second-order valence-corrected chi connectivity index (χ2v) is 2.92. The summed E-state index contributed by atoms with van der Waals surface area (Å²) in [6.07, 6.45) is 2.87. The van der Waals surface area contributed by atoms with Gasteiger partial charge in [-0.05, 0) is 6.07 Å². The van der Waals surface area contributed by atoms with Gasteiger partial charge in [0.25, 0.3) is 5.91 Å². The highest BCUT2D eigenvalue weighted by Gasteiger charge is 2.11. The fraction of sp³-hybridized carbons (Fsp3) is 0.222. The molecule has 1 heterocycles. The van der Waals surface area contributed by atoms with E-state index in [1.54, 1.807) is 6.07 Å². The molecule has 2 amide bonds. The first-order chi connectivity index (χ1) is 7.69. The third kappa shape index (κ3) is 2.92. The predicted molar refractivity (Wildman–Crippen MR) is 58.4 cm³/mol. The first-order valence-corrected chi connectivity index (χ1v) is 4.58. The highest BCUT2D eigenvalue weighted by atomic mass is 16.2. The van der Waals surface area contributed by atoms with Gasteiger partial charge in [-0.25, -0.2) is 0 Å². The predicted octanol–water partition coefficient (Wildman–Crippen LogP) is -1.16. The van der Waals surface area contributed by atoms with Crippen LogP contribution in [-0.4, -0.2) is 30.4 Å². The summed E-state index contributed by atoms with van der Waals surface area (Å²) in [6, 6.07) is 1.56. The lowest BCUT2D eigenvalue weighted by Gasteiger charge is -2.08. The van der Waals surface area contributed by atoms with Crippen molar-refractivity contribution >= 4 is 17.5 Å². The van der Waals surface area contributed by atoms with Gasteiger partial charge in [-0.15, -0.1) is 0 Å². The number of hydrogen-bond donors (Lipinski definition) is 4. The molecule has 1 rings (SSSR count). The summed E-state index contributed by atoms with van der Waals surface area (Å²) in [7, 11) is 1.49. The second kappa shape index (κ2) is 5.66. The van der Waals surface area contributed by atoms with Crippen molar-refractivity contribution in [2.24, 2.45) is 5.84 Å². The van der Waals surface area contributed by atoms with Gasteiger partial charge in [0.05, 0.1) is 17.8 Å². The zero-order chi connectivity index (χ0) is 12.0. The standard InChI is InChI=1S/C9H13N5O2/c1-11-8(15)5-13-9(16)6-4-12-3-2-7(6)14-10/h2-4H,5,10H2,1H3,(H,11,15)(H,12,14)(H,13,16). The molecule has 0 saturated heterocycles. The lowest BCUT2D eigenvalue weighted by Crippen LogP contribution is -2.35. The van der Waals surface area contributed by atoms with Gasteiger partial charge in [-0.1, -0.05) is 0 Å². The minimum absolute atomic E-state index is 0.0890. The highest BCUT2D eigenvalue weighted by Crippen LogP contribution is 2.10. The van der Waals surface area contributed by atoms with Gasteiger partial charge in [0, 0.05) is 19.4 Å². The summed E-state index contributed by atoms with van der Waals surface area (Å²) in [5, 5.41) is 4.83. The molecule has 0 saturated carbocycles. The zero-order valence-electron chi connectivity index (χ0n) is 8.78. The van der Waals surface area contributed by atoms with Gasteiger partial charge in [-0.3, -0.25) is 20.4 Å². The Morgan fingerprint density at radius 2 is 2.25 bits per heavy atom. The number of amides is 2. The van der Waals surface area contributed by atoms with E-state index in [0.717, 1.165) is 0 Å². The van der Waals surface area contributed by atoms with Crippen LogP contribution in [0, 0.1) is 0 Å². The minimum Gasteiger partial charge on any atom is -0.358 e. The van der Waals surface area contributed by atoms with Gasteiger partial charge in [0.1, 0.15) is 0 Å². The Morgan fingerprint density at radius 1 is 1.50 bits per heavy atom. The lowest BCUT2D eigenvalue weighted by molar-refractivity contribution is -0.119. The second-order valence-electron chi connectivity index (χ2n) is 2.92. The first kappa shape index (κ1) is 11.9. The average Bonchev–Trinajstić information content (AvgIpc) is 2.35. The molecule has 1 aromatic heterocycles. The summed E-state index contributed by atoms with van der Waals surface area (Å²) in [6.45, 7) is -0.0890. The van der Waals surface area contributed by atoms with Gasteiger partial charge < -0.3 is 16.1 Å². The Labute approximate surface area is 92.4 Å². The van der Waals surface area contributed by atoms with Crippen molar-refractivity contribution in [3.05, 3.63) is 24.0 Å². The van der Waals surface area contributed by atoms with Crippen molar-refractivity contribution in [2.45, 2.75) is 0 Å². The average molecular weight is 223 g/mol. The van der Waals surface area contributed by atoms with Crippen LogP contribution in [0.25, 0.3) is 0 Å². The van der Waals surface area contributed by atoms with E-state index in [2.05, 4.69) is 21.0 Å². The Bertz CT molecular complexity index is 393. The monoisotopic (exact) mass is 223 g/mol. The molecule has 0 atom stereocenters. The van der Waals surface area contributed by atoms with E-state index in [0.29, 0.717) is 5.69 Å². The van der Waals surface area contributed by atoms with E-state index in [1.165, 1.54) is 19.4 Å². The van der Waals surface area contributed by atoms with Crippen molar-refractivity contribution in [1.82, 2.24) is 15.6 Å². The molecule has 7 heteroatoms. The molecule has 0 bridgehead atoms. The number of pyridine rings is 1. The fourth-order valence-electron chi connectivity index (χ4n) is 1.05. The Kier molecular flexibility index (Phi) is 4.22. The van der Waals surface area contributed by atoms with Crippen molar-refractivity contribution in [3.8, 4) is 0 Å². The Morgan fingerprint density at radius 3 is 2.88 bits per heavy atom. The van der Waals surface area contributed by atoms with Gasteiger partial charge in [0.15, 0.2) is 0 Å². The maximum atomic E-state index is 11.6. The van der Waals surface area contributed by atoms with E-state index in [4.69, 9.17) is 5.84 Å². The normalized spacial score (nSPS) is 9.38. The third-order valence-electron chi connectivity index (χ3n) is 1.91. The molecule has 0 radical (unpaired) electrons. The van der Waals surface area contributed by atoms with Gasteiger partial charge >= 0.3 is 0 Å². The number of carbonyl (C=O) groups excluding carboxylic acids is 2. The molecular formula is C9H13N5O2. The number of nitrogens with zero attached hydrogens (tertiary/aromatic N) is 1. The molecule has 7 nitrogen and oxygen atoms in total. The number of nitrogen functional groups attached to an aromatic ring is 1. The fourth-order valence-corrected chi connectivity index (χ4v) is 1.05. The van der Waals surface area contributed by atoms with Crippen molar-refractivity contribution < 1.29 is 9.59 Å². The molecule has 0 spiro atoms. The molecule has 0 aliphatic rings. The van der Waals surface area contributed by atoms with Crippen LogP contribution in [0.2, 0.25) is 0 Å². The Hall–Kier alpha value is -2.15. The van der Waals surface area contributed by atoms with Crippen LogP contribution in [0.4, 0.5) is 5.69 Å². The largest absolute Gasteiger partial charge is 0.358 e. The first-order valence-electron chi connectivity index (χ1n) is 4.58. The Balaban J connectivity index is 2.69. The zero-order valence-corrected chi connectivity index (χ0v) is 8.78. The SMILES string of the molecule is CNC(=O)CNC(=O)c1cnccc1NN. The van der Waals surface area contributed by atoms with Crippen molar-refractivity contribution in [1.29, 1.82) is 0 Å². The number of anilines is 1. The topological polar surface area (TPSA) is 109 Å². The van der Waals surface area contributed by atoms with E-state index in [9.17, 15) is 9.59 Å². The minimum atomic E-state index is -0.412. The quantitative estimate of drug-likeness (QED) is 0.380. The smallest absolute Gasteiger partial charge is 0.255 e. The number of likely N-dealkylation sites (N-methyl/N-ethyl adjacent to an activating group) is 1. The van der Waals surface area contributed by atoms with Crippen molar-refractivity contribution in [2.75, 3.05) is 19.0 Å². The highest BCUT2D eigenvalue weighted by molar-refractivity contribution is 6.00. The van der Waals surface area contributed by atoms with Crippen LogP contribution in [0.15, 0.2) is 18.5 Å². The van der Waals surface area contributed by atoms with E-state index in [1.807, 2.05) is 0 Å². The molecule has 16 heavy (non-hydrogen) atoms. The summed E-state index contributed by atoms with van der Waals surface area (Å²) in [5.74, 6) is 4.54. The number of aromatic nitrogens is 1. The number of nitrogens with two attached hydrogens (primary N) is 1. The van der Waals surface area contributed by atoms with Gasteiger partial charge in [-0.2, -0.15) is 0 Å². The van der Waals surface area contributed by atoms with Crippen LogP contribution >= 0.6 is 0 Å². The molecule has 0 aliphatic carbocycles. The molecule has 0 unspecified atom stereocenters. The summed E-state index contributed by atoms with van der Waals surface area (Å²) >= 11 is 0. The maximum absolute atomic E-state index is 11.6. The summed E-state index contributed by atoms with van der Waals surface area (Å²) in [4.78, 5) is 26.3. The number of carbonyl (C=O) groups is 2. The molecule has 5 N–H and O–H groups in total. The number of hydrazine groups is 1. The number of nitrogens with one attached hydrogen (secondary N) is 3. The molecule has 0 fully saturated rings. The third-order valence-corrected chi connectivity index (χ3v) is 1.91. The van der Waals surface area contributed by atoms with E-state index in [-0.39, 0.29) is 18.0 Å². The van der Waals surface area contributed by atoms with Crippen LogP contribution in [0.1, 0.15) is 10.4 Å².